The number of carboxylic acid groups (broad SMARTS) is 1. The highest BCUT2D eigenvalue weighted by Crippen LogP contribution is 2.31. The summed E-state index contributed by atoms with van der Waals surface area (Å²) in [5.41, 5.74) is 2.44. The predicted molar refractivity (Wildman–Crippen MR) is 82.6 cm³/mol. The van der Waals surface area contributed by atoms with Crippen LogP contribution in [0.4, 0.5) is 0 Å². The maximum Gasteiger partial charge on any atom is 0.322 e. The van der Waals surface area contributed by atoms with Crippen molar-refractivity contribution in [3.05, 3.63) is 35.4 Å². The number of aliphatic carboxylic acids is 1. The molecule has 6 heteroatoms. The van der Waals surface area contributed by atoms with Crippen molar-refractivity contribution >= 4 is 24.3 Å². The van der Waals surface area contributed by atoms with Crippen molar-refractivity contribution < 1.29 is 14.7 Å². The molecule has 0 spiro atoms. The Bertz CT molecular complexity index is 507. The van der Waals surface area contributed by atoms with Gasteiger partial charge in [0.15, 0.2) is 0 Å². The van der Waals surface area contributed by atoms with Crippen molar-refractivity contribution in [2.75, 3.05) is 19.6 Å². The molecule has 0 aliphatic carbocycles. The van der Waals surface area contributed by atoms with E-state index < -0.39 is 5.97 Å². The number of nitrogens with zero attached hydrogens (tertiary/aromatic N) is 1. The quantitative estimate of drug-likeness (QED) is 0.869. The van der Waals surface area contributed by atoms with Crippen molar-refractivity contribution in [2.24, 2.45) is 0 Å². The molecule has 5 nitrogen and oxygen atoms in total. The number of halogens is 1. The number of benzene rings is 1. The molecule has 1 aromatic carbocycles. The molecule has 1 aliphatic rings. The van der Waals surface area contributed by atoms with E-state index in [0.717, 1.165) is 19.4 Å². The van der Waals surface area contributed by atoms with E-state index in [4.69, 9.17) is 5.11 Å². The van der Waals surface area contributed by atoms with E-state index in [-0.39, 0.29) is 37.4 Å². The highest BCUT2D eigenvalue weighted by atomic mass is 35.5. The number of hydrogen-bond donors (Lipinski definition) is 2. The maximum absolute atomic E-state index is 11.7. The molecule has 0 saturated carbocycles. The minimum absolute atomic E-state index is 0. The van der Waals surface area contributed by atoms with Crippen LogP contribution < -0.4 is 5.32 Å². The number of hydrogen-bond acceptors (Lipinski definition) is 3. The summed E-state index contributed by atoms with van der Waals surface area (Å²) < 4.78 is 0. The normalized spacial score (nSPS) is 18.0. The monoisotopic (exact) mass is 312 g/mol. The van der Waals surface area contributed by atoms with Gasteiger partial charge in [0.25, 0.3) is 0 Å². The van der Waals surface area contributed by atoms with Gasteiger partial charge in [-0.05, 0) is 31.9 Å². The zero-order valence-corrected chi connectivity index (χ0v) is 12.9. The predicted octanol–water partition coefficient (Wildman–Crippen LogP) is 1.75. The molecule has 0 aromatic heterocycles. The maximum atomic E-state index is 11.7. The van der Waals surface area contributed by atoms with Gasteiger partial charge in [-0.3, -0.25) is 14.5 Å². The van der Waals surface area contributed by atoms with Gasteiger partial charge in [0, 0.05) is 6.04 Å². The average molecular weight is 313 g/mol. The molecular formula is C15H21ClN2O3. The smallest absolute Gasteiger partial charge is 0.322 e. The standard InChI is InChI=1S/C15H20N2O3.ClH/c1-11-4-2-5-12(8-11)13-6-3-7-17(13)10-14(18)16-9-15(19)20;/h2,4-5,8,13H,3,6-7,9-10H2,1H3,(H,16,18)(H,19,20);1H. The topological polar surface area (TPSA) is 69.6 Å². The molecule has 116 valence electrons. The molecule has 1 heterocycles. The molecular weight excluding hydrogens is 292 g/mol. The van der Waals surface area contributed by atoms with Gasteiger partial charge in [-0.2, -0.15) is 0 Å². The summed E-state index contributed by atoms with van der Waals surface area (Å²) in [6.45, 7) is 2.87. The second kappa shape index (κ2) is 8.00. The molecule has 1 aromatic rings. The summed E-state index contributed by atoms with van der Waals surface area (Å²) in [6, 6.07) is 8.59. The summed E-state index contributed by atoms with van der Waals surface area (Å²) in [7, 11) is 0. The Morgan fingerprint density at radius 2 is 2.19 bits per heavy atom. The Labute approximate surface area is 130 Å². The first-order valence-corrected chi connectivity index (χ1v) is 6.85. The van der Waals surface area contributed by atoms with Gasteiger partial charge in [-0.15, -0.1) is 12.4 Å². The molecule has 2 rings (SSSR count). The van der Waals surface area contributed by atoms with Crippen LogP contribution >= 0.6 is 12.4 Å². The van der Waals surface area contributed by atoms with Crippen LogP contribution in [0.3, 0.4) is 0 Å². The highest BCUT2D eigenvalue weighted by molar-refractivity contribution is 5.85. The van der Waals surface area contributed by atoms with E-state index in [9.17, 15) is 9.59 Å². The third kappa shape index (κ3) is 5.02. The third-order valence-corrected chi connectivity index (χ3v) is 3.57. The van der Waals surface area contributed by atoms with E-state index in [0.29, 0.717) is 0 Å². The largest absolute Gasteiger partial charge is 0.480 e. The number of carbonyl (C=O) groups excluding carboxylic acids is 1. The minimum Gasteiger partial charge on any atom is -0.480 e. The number of nitrogens with one attached hydrogen (secondary N) is 1. The zero-order valence-electron chi connectivity index (χ0n) is 12.0. The second-order valence-electron chi connectivity index (χ2n) is 5.21. The van der Waals surface area contributed by atoms with Gasteiger partial charge in [0.1, 0.15) is 6.54 Å². The van der Waals surface area contributed by atoms with E-state index in [2.05, 4.69) is 35.3 Å². The number of rotatable bonds is 5. The number of likely N-dealkylation sites (tertiary alicyclic amines) is 1. The fourth-order valence-corrected chi connectivity index (χ4v) is 2.68. The Kier molecular flexibility index (Phi) is 6.65. The van der Waals surface area contributed by atoms with Gasteiger partial charge in [0.2, 0.25) is 5.91 Å². The zero-order chi connectivity index (χ0) is 14.5. The Morgan fingerprint density at radius 1 is 1.43 bits per heavy atom. The van der Waals surface area contributed by atoms with Crippen LogP contribution in [0.25, 0.3) is 0 Å². The summed E-state index contributed by atoms with van der Waals surface area (Å²) in [6.07, 6.45) is 2.10. The summed E-state index contributed by atoms with van der Waals surface area (Å²) in [5, 5.41) is 11.0. The van der Waals surface area contributed by atoms with Crippen LogP contribution in [-0.2, 0) is 9.59 Å². The van der Waals surface area contributed by atoms with Gasteiger partial charge in [0.05, 0.1) is 6.54 Å². The summed E-state index contributed by atoms with van der Waals surface area (Å²) in [4.78, 5) is 24.3. The molecule has 2 N–H and O–H groups in total. The first kappa shape index (κ1) is 17.5. The lowest BCUT2D eigenvalue weighted by molar-refractivity contribution is -0.138. The van der Waals surface area contributed by atoms with Crippen molar-refractivity contribution in [1.82, 2.24) is 10.2 Å². The molecule has 0 bridgehead atoms. The third-order valence-electron chi connectivity index (χ3n) is 3.57. The average Bonchev–Trinajstić information content (AvgIpc) is 2.84. The molecule has 1 aliphatic heterocycles. The van der Waals surface area contributed by atoms with Crippen LogP contribution in [-0.4, -0.2) is 41.5 Å². The number of aryl methyl sites for hydroxylation is 1. The fourth-order valence-electron chi connectivity index (χ4n) is 2.68. The SMILES string of the molecule is Cc1cccc(C2CCCN2CC(=O)NCC(=O)O)c1.Cl. The van der Waals surface area contributed by atoms with Crippen molar-refractivity contribution in [2.45, 2.75) is 25.8 Å². The van der Waals surface area contributed by atoms with Crippen molar-refractivity contribution in [3.8, 4) is 0 Å². The van der Waals surface area contributed by atoms with Crippen LogP contribution in [0.1, 0.15) is 30.0 Å². The van der Waals surface area contributed by atoms with Crippen molar-refractivity contribution in [1.29, 1.82) is 0 Å². The van der Waals surface area contributed by atoms with Gasteiger partial charge >= 0.3 is 5.97 Å². The minimum atomic E-state index is -1.02. The lowest BCUT2D eigenvalue weighted by Crippen LogP contribution is -2.39. The van der Waals surface area contributed by atoms with Gasteiger partial charge in [-0.25, -0.2) is 0 Å². The molecule has 1 fully saturated rings. The van der Waals surface area contributed by atoms with E-state index >= 15 is 0 Å². The van der Waals surface area contributed by atoms with Crippen LogP contribution in [0, 0.1) is 6.92 Å². The van der Waals surface area contributed by atoms with Gasteiger partial charge < -0.3 is 10.4 Å². The molecule has 1 unspecified atom stereocenters. The summed E-state index contributed by atoms with van der Waals surface area (Å²) >= 11 is 0. The molecule has 1 saturated heterocycles. The number of carboxylic acids is 1. The molecule has 21 heavy (non-hydrogen) atoms. The van der Waals surface area contributed by atoms with E-state index in [1.165, 1.54) is 11.1 Å². The first-order valence-electron chi connectivity index (χ1n) is 6.85. The van der Waals surface area contributed by atoms with Gasteiger partial charge in [-0.1, -0.05) is 29.8 Å². The Hall–Kier alpha value is -1.59. The lowest BCUT2D eigenvalue weighted by Gasteiger charge is -2.24. The van der Waals surface area contributed by atoms with Crippen LogP contribution in [0.5, 0.6) is 0 Å². The molecule has 0 radical (unpaired) electrons. The van der Waals surface area contributed by atoms with E-state index in [1.807, 2.05) is 6.07 Å². The molecule has 1 atom stereocenters. The van der Waals surface area contributed by atoms with E-state index in [1.54, 1.807) is 0 Å². The summed E-state index contributed by atoms with van der Waals surface area (Å²) in [5.74, 6) is -1.25. The van der Waals surface area contributed by atoms with Crippen molar-refractivity contribution in [3.63, 3.8) is 0 Å². The number of amides is 1. The first-order chi connectivity index (χ1) is 9.56. The fraction of sp³-hybridized carbons (Fsp3) is 0.467. The highest BCUT2D eigenvalue weighted by Gasteiger charge is 2.27. The number of carbonyl (C=O) groups is 2. The Morgan fingerprint density at radius 3 is 2.86 bits per heavy atom. The lowest BCUT2D eigenvalue weighted by atomic mass is 10.0. The van der Waals surface area contributed by atoms with Crippen LogP contribution in [0.2, 0.25) is 0 Å². The van der Waals surface area contributed by atoms with Crippen LogP contribution in [0.15, 0.2) is 24.3 Å². The second-order valence-corrected chi connectivity index (χ2v) is 5.21. The molecule has 1 amide bonds. The Balaban J connectivity index is 0.00000220.